The van der Waals surface area contributed by atoms with Crippen LogP contribution in [0.5, 0.6) is 0 Å². The van der Waals surface area contributed by atoms with Crippen LogP contribution in [0.15, 0.2) is 24.3 Å². The molecule has 7 nitrogen and oxygen atoms in total. The van der Waals surface area contributed by atoms with Crippen LogP contribution in [0.25, 0.3) is 6.08 Å². The van der Waals surface area contributed by atoms with E-state index >= 15 is 0 Å². The molecular formula is C22H27Cl2N3O4. The summed E-state index contributed by atoms with van der Waals surface area (Å²) in [5, 5.41) is 10.6. The molecule has 1 unspecified atom stereocenters. The van der Waals surface area contributed by atoms with E-state index in [-0.39, 0.29) is 30.6 Å². The molecule has 0 saturated carbocycles. The van der Waals surface area contributed by atoms with E-state index in [1.807, 2.05) is 0 Å². The third kappa shape index (κ3) is 6.69. The van der Waals surface area contributed by atoms with Crippen molar-refractivity contribution in [2.45, 2.75) is 31.8 Å². The lowest BCUT2D eigenvalue weighted by Gasteiger charge is -2.31. The highest BCUT2D eigenvalue weighted by Gasteiger charge is 2.25. The maximum atomic E-state index is 12.6. The van der Waals surface area contributed by atoms with Crippen LogP contribution in [-0.2, 0) is 14.4 Å². The molecule has 31 heavy (non-hydrogen) atoms. The SMILES string of the molecule is O=C(C=Cc1ccc(Cl)c(Cl)c1)N1CCC(=O)N(CCC(=O)N2CCCC(O)C2)CC1. The summed E-state index contributed by atoms with van der Waals surface area (Å²) in [5.41, 5.74) is 0.761. The molecule has 2 aliphatic rings. The predicted molar refractivity (Wildman–Crippen MR) is 120 cm³/mol. The molecule has 2 saturated heterocycles. The average molecular weight is 468 g/mol. The number of aliphatic hydroxyl groups is 1. The maximum absolute atomic E-state index is 12.6. The topological polar surface area (TPSA) is 81.2 Å². The zero-order valence-corrected chi connectivity index (χ0v) is 18.8. The Kier molecular flexibility index (Phi) is 8.35. The minimum atomic E-state index is -0.464. The summed E-state index contributed by atoms with van der Waals surface area (Å²) < 4.78 is 0. The molecular weight excluding hydrogens is 441 g/mol. The number of piperidine rings is 1. The van der Waals surface area contributed by atoms with Crippen molar-refractivity contribution in [2.24, 2.45) is 0 Å². The smallest absolute Gasteiger partial charge is 0.246 e. The van der Waals surface area contributed by atoms with E-state index in [4.69, 9.17) is 23.2 Å². The number of hydrogen-bond acceptors (Lipinski definition) is 4. The Morgan fingerprint density at radius 1 is 1.10 bits per heavy atom. The van der Waals surface area contributed by atoms with Crippen LogP contribution in [0.4, 0.5) is 0 Å². The van der Waals surface area contributed by atoms with E-state index in [0.717, 1.165) is 18.4 Å². The molecule has 2 fully saturated rings. The fraction of sp³-hybridized carbons (Fsp3) is 0.500. The molecule has 0 spiro atoms. The van der Waals surface area contributed by atoms with Gasteiger partial charge >= 0.3 is 0 Å². The third-order valence-electron chi connectivity index (χ3n) is 5.61. The van der Waals surface area contributed by atoms with E-state index < -0.39 is 6.10 Å². The molecule has 1 atom stereocenters. The number of hydrogen-bond donors (Lipinski definition) is 1. The Labute approximate surface area is 192 Å². The lowest BCUT2D eigenvalue weighted by Crippen LogP contribution is -2.44. The summed E-state index contributed by atoms with van der Waals surface area (Å²) in [6.45, 7) is 2.48. The molecule has 1 aromatic carbocycles. The highest BCUT2D eigenvalue weighted by Crippen LogP contribution is 2.23. The highest BCUT2D eigenvalue weighted by molar-refractivity contribution is 6.42. The van der Waals surface area contributed by atoms with Gasteiger partial charge in [0.25, 0.3) is 0 Å². The van der Waals surface area contributed by atoms with Crippen LogP contribution in [0.2, 0.25) is 10.0 Å². The summed E-state index contributed by atoms with van der Waals surface area (Å²) in [6, 6.07) is 5.12. The highest BCUT2D eigenvalue weighted by atomic mass is 35.5. The van der Waals surface area contributed by atoms with Crippen molar-refractivity contribution >= 4 is 47.0 Å². The number of carbonyl (C=O) groups excluding carboxylic acids is 3. The van der Waals surface area contributed by atoms with Crippen LogP contribution < -0.4 is 0 Å². The van der Waals surface area contributed by atoms with Gasteiger partial charge in [0.15, 0.2) is 0 Å². The Morgan fingerprint density at radius 3 is 2.65 bits per heavy atom. The molecule has 0 bridgehead atoms. The van der Waals surface area contributed by atoms with Crippen molar-refractivity contribution in [3.8, 4) is 0 Å². The standard InChI is InChI=1S/C22H27Cl2N3O4/c23-18-5-3-16(14-19(18)24)4-6-20(29)25-10-7-21(30)26(13-12-25)11-8-22(31)27-9-1-2-17(28)15-27/h3-6,14,17,28H,1-2,7-13,15H2. The summed E-state index contributed by atoms with van der Waals surface area (Å²) in [7, 11) is 0. The third-order valence-corrected chi connectivity index (χ3v) is 6.35. The van der Waals surface area contributed by atoms with Crippen LogP contribution >= 0.6 is 23.2 Å². The fourth-order valence-corrected chi connectivity index (χ4v) is 4.09. The first-order valence-electron chi connectivity index (χ1n) is 10.5. The maximum Gasteiger partial charge on any atom is 0.246 e. The lowest BCUT2D eigenvalue weighted by atomic mass is 10.1. The molecule has 168 valence electrons. The molecule has 3 rings (SSSR count). The number of halogens is 2. The zero-order chi connectivity index (χ0) is 22.4. The summed E-state index contributed by atoms with van der Waals surface area (Å²) in [6.07, 6.45) is 4.63. The van der Waals surface area contributed by atoms with Crippen molar-refractivity contribution in [1.29, 1.82) is 0 Å². The first kappa shape index (κ1) is 23.6. The molecule has 2 aliphatic heterocycles. The fourth-order valence-electron chi connectivity index (χ4n) is 3.78. The molecule has 0 aromatic heterocycles. The van der Waals surface area contributed by atoms with E-state index in [9.17, 15) is 19.5 Å². The monoisotopic (exact) mass is 467 g/mol. The lowest BCUT2D eigenvalue weighted by molar-refractivity contribution is -0.136. The van der Waals surface area contributed by atoms with E-state index in [1.165, 1.54) is 6.08 Å². The molecule has 3 amide bonds. The molecule has 2 heterocycles. The number of aliphatic hydroxyl groups excluding tert-OH is 1. The van der Waals surface area contributed by atoms with Crippen LogP contribution in [0.3, 0.4) is 0 Å². The van der Waals surface area contributed by atoms with Crippen LogP contribution in [0, 0.1) is 0 Å². The molecule has 0 aliphatic carbocycles. The molecule has 1 aromatic rings. The van der Waals surface area contributed by atoms with Gasteiger partial charge in [0, 0.05) is 58.2 Å². The van der Waals surface area contributed by atoms with Crippen molar-refractivity contribution in [2.75, 3.05) is 39.3 Å². The number of rotatable bonds is 5. The Morgan fingerprint density at radius 2 is 1.90 bits per heavy atom. The van der Waals surface area contributed by atoms with Gasteiger partial charge in [-0.2, -0.15) is 0 Å². The average Bonchev–Trinajstić information content (AvgIpc) is 2.94. The minimum absolute atomic E-state index is 0.0479. The summed E-state index contributed by atoms with van der Waals surface area (Å²) in [5.74, 6) is -0.289. The first-order chi connectivity index (χ1) is 14.8. The van der Waals surface area contributed by atoms with Gasteiger partial charge in [-0.3, -0.25) is 14.4 Å². The number of likely N-dealkylation sites (tertiary alicyclic amines) is 1. The molecule has 9 heteroatoms. The molecule has 1 N–H and O–H groups in total. The van der Waals surface area contributed by atoms with Crippen molar-refractivity contribution in [1.82, 2.24) is 14.7 Å². The molecule has 0 radical (unpaired) electrons. The quantitative estimate of drug-likeness (QED) is 0.674. The van der Waals surface area contributed by atoms with Gasteiger partial charge < -0.3 is 19.8 Å². The Balaban J connectivity index is 1.50. The second kappa shape index (κ2) is 11.0. The first-order valence-corrected chi connectivity index (χ1v) is 11.2. The van der Waals surface area contributed by atoms with Gasteiger partial charge in [0.1, 0.15) is 0 Å². The second-order valence-electron chi connectivity index (χ2n) is 7.85. The van der Waals surface area contributed by atoms with Gasteiger partial charge in [-0.25, -0.2) is 0 Å². The van der Waals surface area contributed by atoms with Crippen molar-refractivity contribution in [3.05, 3.63) is 39.9 Å². The number of carbonyl (C=O) groups is 3. The van der Waals surface area contributed by atoms with Crippen molar-refractivity contribution < 1.29 is 19.5 Å². The van der Waals surface area contributed by atoms with Gasteiger partial charge in [0.2, 0.25) is 17.7 Å². The Bertz CT molecular complexity index is 861. The number of benzene rings is 1. The van der Waals surface area contributed by atoms with Crippen LogP contribution in [0.1, 0.15) is 31.2 Å². The van der Waals surface area contributed by atoms with Gasteiger partial charge in [-0.1, -0.05) is 29.3 Å². The summed E-state index contributed by atoms with van der Waals surface area (Å²) >= 11 is 11.9. The Hall–Kier alpha value is -2.09. The number of β-amino-alcohol motifs (C(OH)–C–C–N with tert-alkyl or cyclic N) is 1. The predicted octanol–water partition coefficient (Wildman–Crippen LogP) is 2.44. The summed E-state index contributed by atoms with van der Waals surface area (Å²) in [4.78, 5) is 42.4. The normalized spacial score (nSPS) is 20.3. The van der Waals surface area contributed by atoms with E-state index in [1.54, 1.807) is 39.0 Å². The second-order valence-corrected chi connectivity index (χ2v) is 8.66. The van der Waals surface area contributed by atoms with Gasteiger partial charge in [-0.15, -0.1) is 0 Å². The van der Waals surface area contributed by atoms with E-state index in [0.29, 0.717) is 49.3 Å². The van der Waals surface area contributed by atoms with Gasteiger partial charge in [0.05, 0.1) is 16.1 Å². The zero-order valence-electron chi connectivity index (χ0n) is 17.3. The number of amides is 3. The van der Waals surface area contributed by atoms with Crippen molar-refractivity contribution in [3.63, 3.8) is 0 Å². The van der Waals surface area contributed by atoms with Crippen LogP contribution in [-0.4, -0.2) is 82.9 Å². The largest absolute Gasteiger partial charge is 0.391 e. The minimum Gasteiger partial charge on any atom is -0.391 e. The van der Waals surface area contributed by atoms with E-state index in [2.05, 4.69) is 0 Å². The van der Waals surface area contributed by atoms with Gasteiger partial charge in [-0.05, 0) is 36.6 Å². The number of nitrogens with zero attached hydrogens (tertiary/aromatic N) is 3.